The van der Waals surface area contributed by atoms with Crippen molar-refractivity contribution in [3.05, 3.63) is 11.6 Å². The summed E-state index contributed by atoms with van der Waals surface area (Å²) in [6.45, 7) is 13.4. The number of ether oxygens (including phenoxy) is 1. The largest absolute Gasteiger partial charge is 0.462 e. The van der Waals surface area contributed by atoms with Crippen LogP contribution in [-0.4, -0.2) is 23.3 Å². The third-order valence-electron chi connectivity index (χ3n) is 10.8. The Morgan fingerprint density at radius 1 is 1.09 bits per heavy atom. The standard InChI is InChI=1S/C29H48O3/c1-18(2)27(31)12-7-19(3)24-10-11-25-23-9-8-21-17-22(32-20(4)30)13-15-28(21,5)26(23)14-16-29(24,25)6/h8,18-19,22-27,31H,7,9-17H2,1-6H3/t19-,22+,23+,24-,25+,26+,27?,28+,29-/m1/s1. The third kappa shape index (κ3) is 4.21. The topological polar surface area (TPSA) is 46.5 Å². The lowest BCUT2D eigenvalue weighted by Gasteiger charge is -2.58. The molecule has 4 aliphatic rings. The normalized spacial score (nSPS) is 43.0. The highest BCUT2D eigenvalue weighted by atomic mass is 16.5. The summed E-state index contributed by atoms with van der Waals surface area (Å²) in [7, 11) is 0. The number of hydrogen-bond donors (Lipinski definition) is 1. The molecule has 0 aliphatic heterocycles. The molecule has 3 heteroatoms. The Morgan fingerprint density at radius 3 is 2.53 bits per heavy atom. The number of aliphatic hydroxyl groups excluding tert-OH is 1. The molecule has 0 aromatic rings. The Morgan fingerprint density at radius 2 is 1.84 bits per heavy atom. The van der Waals surface area contributed by atoms with E-state index < -0.39 is 0 Å². The van der Waals surface area contributed by atoms with Gasteiger partial charge < -0.3 is 9.84 Å². The number of esters is 1. The summed E-state index contributed by atoms with van der Waals surface area (Å²) >= 11 is 0. The Hall–Kier alpha value is -0.830. The molecule has 9 atom stereocenters. The van der Waals surface area contributed by atoms with Crippen molar-refractivity contribution in [3.63, 3.8) is 0 Å². The maximum absolute atomic E-state index is 11.5. The number of aliphatic hydroxyl groups is 1. The molecule has 3 saturated carbocycles. The average Bonchev–Trinajstić information content (AvgIpc) is 3.08. The molecule has 0 aromatic carbocycles. The monoisotopic (exact) mass is 444 g/mol. The highest BCUT2D eigenvalue weighted by molar-refractivity contribution is 5.66. The predicted molar refractivity (Wildman–Crippen MR) is 130 cm³/mol. The minimum Gasteiger partial charge on any atom is -0.462 e. The molecule has 0 saturated heterocycles. The van der Waals surface area contributed by atoms with Gasteiger partial charge in [0.1, 0.15) is 6.10 Å². The molecule has 1 N–H and O–H groups in total. The van der Waals surface area contributed by atoms with Crippen LogP contribution < -0.4 is 0 Å². The van der Waals surface area contributed by atoms with Crippen LogP contribution in [0.2, 0.25) is 0 Å². The van der Waals surface area contributed by atoms with E-state index in [1.165, 1.54) is 44.9 Å². The van der Waals surface area contributed by atoms with E-state index in [9.17, 15) is 9.90 Å². The summed E-state index contributed by atoms with van der Waals surface area (Å²) in [4.78, 5) is 11.5. The number of carbonyl (C=O) groups is 1. The zero-order valence-corrected chi connectivity index (χ0v) is 21.5. The van der Waals surface area contributed by atoms with Gasteiger partial charge in [0.05, 0.1) is 6.10 Å². The summed E-state index contributed by atoms with van der Waals surface area (Å²) in [5.74, 6) is 4.23. The fourth-order valence-electron chi connectivity index (χ4n) is 8.91. The van der Waals surface area contributed by atoms with Crippen LogP contribution in [0.5, 0.6) is 0 Å². The number of fused-ring (bicyclic) bond motifs is 5. The fraction of sp³-hybridized carbons (Fsp3) is 0.897. The highest BCUT2D eigenvalue weighted by Crippen LogP contribution is 2.67. The molecule has 0 amide bonds. The molecule has 4 aliphatic carbocycles. The Balaban J connectivity index is 1.46. The molecule has 0 spiro atoms. The first-order valence-electron chi connectivity index (χ1n) is 13.6. The maximum atomic E-state index is 11.5. The predicted octanol–water partition coefficient (Wildman–Crippen LogP) is 6.93. The molecule has 0 heterocycles. The van der Waals surface area contributed by atoms with Gasteiger partial charge in [-0.3, -0.25) is 4.79 Å². The molecular formula is C29H48O3. The molecule has 3 nitrogen and oxygen atoms in total. The van der Waals surface area contributed by atoms with Gasteiger partial charge in [-0.15, -0.1) is 0 Å². The summed E-state index contributed by atoms with van der Waals surface area (Å²) in [5.41, 5.74) is 2.37. The van der Waals surface area contributed by atoms with Crippen LogP contribution in [0.1, 0.15) is 106 Å². The smallest absolute Gasteiger partial charge is 0.302 e. The van der Waals surface area contributed by atoms with Crippen LogP contribution >= 0.6 is 0 Å². The van der Waals surface area contributed by atoms with Gasteiger partial charge in [0, 0.05) is 13.3 Å². The summed E-state index contributed by atoms with van der Waals surface area (Å²) in [6, 6.07) is 0. The lowest BCUT2D eigenvalue weighted by Crippen LogP contribution is -2.51. The molecular weight excluding hydrogens is 396 g/mol. The van der Waals surface area contributed by atoms with Gasteiger partial charge in [-0.05, 0) is 104 Å². The second kappa shape index (κ2) is 9.08. The van der Waals surface area contributed by atoms with Crippen LogP contribution in [0, 0.1) is 46.3 Å². The van der Waals surface area contributed by atoms with Crippen molar-refractivity contribution in [2.24, 2.45) is 46.3 Å². The van der Waals surface area contributed by atoms with Gasteiger partial charge in [0.2, 0.25) is 0 Å². The first-order chi connectivity index (χ1) is 15.1. The Labute approximate surface area is 196 Å². The summed E-state index contributed by atoms with van der Waals surface area (Å²) in [6.07, 6.45) is 14.5. The van der Waals surface area contributed by atoms with E-state index in [2.05, 4.69) is 40.7 Å². The number of carbonyl (C=O) groups excluding carboxylic acids is 1. The Bertz CT molecular complexity index is 726. The second-order valence-corrected chi connectivity index (χ2v) is 12.8. The first-order valence-corrected chi connectivity index (χ1v) is 13.6. The molecule has 0 bridgehead atoms. The first kappa shape index (κ1) is 24.3. The number of hydrogen-bond acceptors (Lipinski definition) is 3. The van der Waals surface area contributed by atoms with E-state index in [-0.39, 0.29) is 18.2 Å². The minimum atomic E-state index is -0.151. The van der Waals surface area contributed by atoms with Gasteiger partial charge in [-0.1, -0.05) is 46.3 Å². The van der Waals surface area contributed by atoms with Crippen LogP contribution in [0.4, 0.5) is 0 Å². The molecule has 3 fully saturated rings. The van der Waals surface area contributed by atoms with E-state index in [4.69, 9.17) is 4.74 Å². The number of rotatable bonds is 6. The van der Waals surface area contributed by atoms with Crippen molar-refractivity contribution in [1.82, 2.24) is 0 Å². The van der Waals surface area contributed by atoms with Crippen molar-refractivity contribution < 1.29 is 14.6 Å². The van der Waals surface area contributed by atoms with Crippen LogP contribution in [-0.2, 0) is 9.53 Å². The third-order valence-corrected chi connectivity index (χ3v) is 10.8. The van der Waals surface area contributed by atoms with Crippen LogP contribution in [0.25, 0.3) is 0 Å². The zero-order chi connectivity index (χ0) is 23.3. The fourth-order valence-corrected chi connectivity index (χ4v) is 8.91. The quantitative estimate of drug-likeness (QED) is 0.357. The van der Waals surface area contributed by atoms with Crippen molar-refractivity contribution >= 4 is 5.97 Å². The van der Waals surface area contributed by atoms with E-state index in [1.54, 1.807) is 12.5 Å². The van der Waals surface area contributed by atoms with Gasteiger partial charge in [0.25, 0.3) is 0 Å². The molecule has 0 radical (unpaired) electrons. The van der Waals surface area contributed by atoms with Gasteiger partial charge in [0.15, 0.2) is 0 Å². The van der Waals surface area contributed by atoms with Crippen LogP contribution in [0.15, 0.2) is 11.6 Å². The van der Waals surface area contributed by atoms with Gasteiger partial charge in [-0.25, -0.2) is 0 Å². The maximum Gasteiger partial charge on any atom is 0.302 e. The Kier molecular flexibility index (Phi) is 6.90. The van der Waals surface area contributed by atoms with E-state index >= 15 is 0 Å². The summed E-state index contributed by atoms with van der Waals surface area (Å²) < 4.78 is 5.60. The lowest BCUT2D eigenvalue weighted by atomic mass is 9.47. The number of allylic oxidation sites excluding steroid dienone is 1. The van der Waals surface area contributed by atoms with E-state index in [0.29, 0.717) is 22.7 Å². The van der Waals surface area contributed by atoms with E-state index in [1.807, 2.05) is 0 Å². The molecule has 0 aromatic heterocycles. The van der Waals surface area contributed by atoms with Gasteiger partial charge >= 0.3 is 5.97 Å². The SMILES string of the molecule is CC(=O)O[C@H]1CC[C@@]2(C)C(=CC[C@H]3[C@@H]4CC[C@H]([C@H](C)CCC(O)C(C)C)[C@@]4(C)CC[C@@H]32)C1. The minimum absolute atomic E-state index is 0.0927. The van der Waals surface area contributed by atoms with Crippen molar-refractivity contribution in [2.45, 2.75) is 118 Å². The van der Waals surface area contributed by atoms with Crippen LogP contribution in [0.3, 0.4) is 0 Å². The van der Waals surface area contributed by atoms with E-state index in [0.717, 1.165) is 42.9 Å². The van der Waals surface area contributed by atoms with Crippen molar-refractivity contribution in [1.29, 1.82) is 0 Å². The molecule has 1 unspecified atom stereocenters. The van der Waals surface area contributed by atoms with Crippen molar-refractivity contribution in [2.75, 3.05) is 0 Å². The van der Waals surface area contributed by atoms with Crippen molar-refractivity contribution in [3.8, 4) is 0 Å². The molecule has 4 rings (SSSR count). The second-order valence-electron chi connectivity index (χ2n) is 12.8. The van der Waals surface area contributed by atoms with Gasteiger partial charge in [-0.2, -0.15) is 0 Å². The zero-order valence-electron chi connectivity index (χ0n) is 21.5. The lowest BCUT2D eigenvalue weighted by molar-refractivity contribution is -0.148. The highest BCUT2D eigenvalue weighted by Gasteiger charge is 2.59. The summed E-state index contributed by atoms with van der Waals surface area (Å²) in [5, 5.41) is 10.3. The molecule has 182 valence electrons. The molecule has 32 heavy (non-hydrogen) atoms. The average molecular weight is 445 g/mol.